The number of hydrogen-bond acceptors (Lipinski definition) is 3. The van der Waals surface area contributed by atoms with E-state index in [0.717, 1.165) is 39.3 Å². The molecule has 2 aromatic carbocycles. The molecule has 4 rings (SSSR count). The van der Waals surface area contributed by atoms with Gasteiger partial charge >= 0.3 is 0 Å². The van der Waals surface area contributed by atoms with E-state index in [0.29, 0.717) is 0 Å². The largest absolute Gasteiger partial charge is 0.420 e. The Kier molecular flexibility index (Phi) is 2.29. The fourth-order valence-corrected chi connectivity index (χ4v) is 3.39. The van der Waals surface area contributed by atoms with Gasteiger partial charge in [0, 0.05) is 17.5 Å². The first-order valence-electron chi connectivity index (χ1n) is 6.14. The Bertz CT molecular complexity index is 731. The molecular weight excluding hydrogens is 256 g/mol. The molecule has 0 fully saturated rings. The summed E-state index contributed by atoms with van der Waals surface area (Å²) in [5.74, 6) is 0.926. The lowest BCUT2D eigenvalue weighted by atomic mass is 9.87. The smallest absolute Gasteiger partial charge is 0.203 e. The second kappa shape index (κ2) is 4.00. The van der Waals surface area contributed by atoms with Crippen molar-refractivity contribution < 1.29 is 8.98 Å². The van der Waals surface area contributed by atoms with Crippen molar-refractivity contribution in [3.05, 3.63) is 70.1 Å². The number of rotatable bonds is 0. The molecule has 0 atom stereocenters. The third kappa shape index (κ3) is 1.55. The Hall–Kier alpha value is -2.00. The lowest BCUT2D eigenvalue weighted by molar-refractivity contribution is 0.104. The molecular formula is C16H10O2S. The molecule has 19 heavy (non-hydrogen) atoms. The normalized spacial score (nSPS) is 16.3. The average molecular weight is 266 g/mol. The number of carbonyl (C=O) groups is 1. The Labute approximate surface area is 115 Å². The van der Waals surface area contributed by atoms with Gasteiger partial charge < -0.3 is 4.18 Å². The van der Waals surface area contributed by atoms with E-state index in [1.807, 2.05) is 48.5 Å². The summed E-state index contributed by atoms with van der Waals surface area (Å²) in [6.45, 7) is 0. The number of allylic oxidation sites excluding steroid dienone is 2. The minimum atomic E-state index is 0.0800. The number of carbonyl (C=O) groups excluding carboxylic acids is 1. The molecule has 0 N–H and O–H groups in total. The van der Waals surface area contributed by atoms with Crippen molar-refractivity contribution in [2.75, 3.05) is 0 Å². The summed E-state index contributed by atoms with van der Waals surface area (Å²) in [6, 6.07) is 15.7. The molecule has 1 aliphatic heterocycles. The van der Waals surface area contributed by atoms with Gasteiger partial charge in [-0.15, -0.1) is 0 Å². The minimum Gasteiger partial charge on any atom is -0.420 e. The average Bonchev–Trinajstić information content (AvgIpc) is 2.47. The summed E-state index contributed by atoms with van der Waals surface area (Å²) in [7, 11) is 0. The zero-order valence-corrected chi connectivity index (χ0v) is 10.9. The Balaban J connectivity index is 1.93. The van der Waals surface area contributed by atoms with E-state index in [9.17, 15) is 4.79 Å². The first-order chi connectivity index (χ1) is 9.34. The van der Waals surface area contributed by atoms with E-state index >= 15 is 0 Å². The topological polar surface area (TPSA) is 26.3 Å². The number of fused-ring (bicyclic) bond motifs is 3. The van der Waals surface area contributed by atoms with Crippen molar-refractivity contribution in [2.24, 2.45) is 0 Å². The number of hydrogen-bond donors (Lipinski definition) is 0. The molecule has 0 saturated carbocycles. The van der Waals surface area contributed by atoms with Crippen molar-refractivity contribution in [3.8, 4) is 5.75 Å². The van der Waals surface area contributed by atoms with Gasteiger partial charge in [-0.2, -0.15) is 0 Å². The molecule has 92 valence electrons. The molecule has 2 nitrogen and oxygen atoms in total. The van der Waals surface area contributed by atoms with Crippen LogP contribution in [0.15, 0.2) is 53.4 Å². The summed E-state index contributed by atoms with van der Waals surface area (Å²) in [6.07, 6.45) is 0.796. The van der Waals surface area contributed by atoms with Gasteiger partial charge in [-0.25, -0.2) is 0 Å². The van der Waals surface area contributed by atoms with E-state index in [1.165, 1.54) is 12.0 Å². The molecule has 0 unspecified atom stereocenters. The van der Waals surface area contributed by atoms with E-state index in [1.54, 1.807) is 0 Å². The number of para-hydroxylation sites is 1. The predicted molar refractivity (Wildman–Crippen MR) is 76.1 cm³/mol. The third-order valence-electron chi connectivity index (χ3n) is 3.54. The van der Waals surface area contributed by atoms with Crippen molar-refractivity contribution in [2.45, 2.75) is 6.42 Å². The molecule has 0 aromatic heterocycles. The highest BCUT2D eigenvalue weighted by Gasteiger charge is 2.31. The summed E-state index contributed by atoms with van der Waals surface area (Å²) < 4.78 is 5.62. The summed E-state index contributed by atoms with van der Waals surface area (Å²) in [5.41, 5.74) is 4.04. The fourth-order valence-electron chi connectivity index (χ4n) is 2.61. The molecule has 2 aromatic rings. The second-order valence-electron chi connectivity index (χ2n) is 4.63. The Morgan fingerprint density at radius 1 is 0.947 bits per heavy atom. The van der Waals surface area contributed by atoms with E-state index in [2.05, 4.69) is 0 Å². The second-order valence-corrected chi connectivity index (χ2v) is 5.38. The highest BCUT2D eigenvalue weighted by Crippen LogP contribution is 2.45. The summed E-state index contributed by atoms with van der Waals surface area (Å²) in [5, 5.41) is 0. The van der Waals surface area contributed by atoms with Crippen molar-refractivity contribution in [1.29, 1.82) is 0 Å². The van der Waals surface area contributed by atoms with Crippen LogP contribution in [0.4, 0.5) is 0 Å². The lowest BCUT2D eigenvalue weighted by Gasteiger charge is -2.26. The van der Waals surface area contributed by atoms with Gasteiger partial charge in [0.05, 0.1) is 12.0 Å². The van der Waals surface area contributed by atoms with Gasteiger partial charge in [-0.1, -0.05) is 42.5 Å². The highest BCUT2D eigenvalue weighted by atomic mass is 32.2. The molecule has 3 heteroatoms. The van der Waals surface area contributed by atoms with Gasteiger partial charge in [0.1, 0.15) is 10.7 Å². The van der Waals surface area contributed by atoms with Crippen LogP contribution in [0.1, 0.15) is 21.5 Å². The van der Waals surface area contributed by atoms with Crippen molar-refractivity contribution >= 4 is 23.4 Å². The predicted octanol–water partition coefficient (Wildman–Crippen LogP) is 3.88. The maximum Gasteiger partial charge on any atom is 0.203 e. The van der Waals surface area contributed by atoms with Crippen LogP contribution in [-0.2, 0) is 6.42 Å². The van der Waals surface area contributed by atoms with Crippen LogP contribution in [0.2, 0.25) is 0 Å². The molecule has 0 amide bonds. The molecule has 0 bridgehead atoms. The molecule has 0 saturated heterocycles. The minimum absolute atomic E-state index is 0.0800. The van der Waals surface area contributed by atoms with Crippen LogP contribution in [0.3, 0.4) is 0 Å². The standard InChI is InChI=1S/C16H10O2S/c17-15-11-6-2-1-5-10(11)9-13-12-7-3-4-8-14(12)18-19-16(13)15/h1-8H,9H2. The zero-order valence-electron chi connectivity index (χ0n) is 10.1. The number of benzene rings is 2. The molecule has 1 heterocycles. The fraction of sp³-hybridized carbons (Fsp3) is 0.0625. The first kappa shape index (κ1) is 10.9. The molecule has 2 aliphatic rings. The highest BCUT2D eigenvalue weighted by molar-refractivity contribution is 8.00. The summed E-state index contributed by atoms with van der Waals surface area (Å²) >= 11 is 1.19. The summed E-state index contributed by atoms with van der Waals surface area (Å²) in [4.78, 5) is 13.2. The molecule has 1 aliphatic carbocycles. The Morgan fingerprint density at radius 2 is 1.68 bits per heavy atom. The van der Waals surface area contributed by atoms with Crippen molar-refractivity contribution in [3.63, 3.8) is 0 Å². The van der Waals surface area contributed by atoms with Gasteiger partial charge in [0.2, 0.25) is 5.78 Å². The lowest BCUT2D eigenvalue weighted by Crippen LogP contribution is -2.17. The Morgan fingerprint density at radius 3 is 2.58 bits per heavy atom. The van der Waals surface area contributed by atoms with Gasteiger partial charge in [-0.05, 0) is 17.2 Å². The monoisotopic (exact) mass is 266 g/mol. The molecule has 0 spiro atoms. The maximum atomic E-state index is 12.5. The zero-order chi connectivity index (χ0) is 12.8. The number of Topliss-reactive ketones (excluding diaryl/α,β-unsaturated/α-hetero) is 1. The van der Waals surface area contributed by atoms with Crippen LogP contribution in [0.5, 0.6) is 5.75 Å². The van der Waals surface area contributed by atoms with Crippen LogP contribution in [0, 0.1) is 0 Å². The van der Waals surface area contributed by atoms with Crippen molar-refractivity contribution in [1.82, 2.24) is 0 Å². The van der Waals surface area contributed by atoms with E-state index in [-0.39, 0.29) is 5.78 Å². The van der Waals surface area contributed by atoms with Crippen LogP contribution in [-0.4, -0.2) is 5.78 Å². The van der Waals surface area contributed by atoms with Crippen LogP contribution >= 0.6 is 12.0 Å². The van der Waals surface area contributed by atoms with Gasteiger partial charge in [-0.3, -0.25) is 4.79 Å². The SMILES string of the molecule is O=C1C2=C(Cc3ccccc31)c1ccccc1OS2. The van der Waals surface area contributed by atoms with Gasteiger partial charge in [0.15, 0.2) is 0 Å². The van der Waals surface area contributed by atoms with Crippen LogP contribution in [0.25, 0.3) is 5.57 Å². The molecule has 0 radical (unpaired) electrons. The quantitative estimate of drug-likeness (QED) is 0.677. The third-order valence-corrected chi connectivity index (χ3v) is 4.40. The van der Waals surface area contributed by atoms with Crippen LogP contribution < -0.4 is 4.18 Å². The van der Waals surface area contributed by atoms with E-state index in [4.69, 9.17) is 4.18 Å². The van der Waals surface area contributed by atoms with Gasteiger partial charge in [0.25, 0.3) is 0 Å². The maximum absolute atomic E-state index is 12.5. The number of ketones is 1. The first-order valence-corrected chi connectivity index (χ1v) is 6.88. The van der Waals surface area contributed by atoms with E-state index < -0.39 is 0 Å².